The van der Waals surface area contributed by atoms with Gasteiger partial charge >= 0.3 is 0 Å². The van der Waals surface area contributed by atoms with E-state index in [1.54, 1.807) is 17.3 Å². The van der Waals surface area contributed by atoms with E-state index >= 15 is 0 Å². The van der Waals surface area contributed by atoms with Gasteiger partial charge in [0.1, 0.15) is 5.02 Å². The normalized spacial score (nSPS) is 17.1. The number of halogens is 1. The SMILES string of the molecule is Cc1cnc2c(Cl)c(C(=O)N3Cc4ccccc4[C@H](O)C3)nn2c1. The number of aliphatic hydroxyl groups is 1. The van der Waals surface area contributed by atoms with Crippen LogP contribution in [0.1, 0.15) is 33.3 Å². The van der Waals surface area contributed by atoms with E-state index in [4.69, 9.17) is 11.6 Å². The molecule has 0 saturated heterocycles. The second kappa shape index (κ2) is 5.58. The first-order chi connectivity index (χ1) is 11.5. The van der Waals surface area contributed by atoms with Gasteiger partial charge < -0.3 is 10.0 Å². The highest BCUT2D eigenvalue weighted by Gasteiger charge is 2.30. The third kappa shape index (κ3) is 2.35. The summed E-state index contributed by atoms with van der Waals surface area (Å²) in [4.78, 5) is 18.6. The van der Waals surface area contributed by atoms with Crippen molar-refractivity contribution in [3.8, 4) is 0 Å². The predicted octanol–water partition coefficient (Wildman–Crippen LogP) is 2.38. The van der Waals surface area contributed by atoms with Crippen LogP contribution < -0.4 is 0 Å². The summed E-state index contributed by atoms with van der Waals surface area (Å²) in [5.74, 6) is -0.309. The number of hydrogen-bond donors (Lipinski definition) is 1. The van der Waals surface area contributed by atoms with Crippen LogP contribution in [-0.2, 0) is 6.54 Å². The summed E-state index contributed by atoms with van der Waals surface area (Å²) in [6.45, 7) is 2.52. The van der Waals surface area contributed by atoms with Gasteiger partial charge in [-0.1, -0.05) is 35.9 Å². The molecular formula is C17H15ClN4O2. The fraction of sp³-hybridized carbons (Fsp3) is 0.235. The second-order valence-electron chi connectivity index (χ2n) is 5.96. The summed E-state index contributed by atoms with van der Waals surface area (Å²) >= 11 is 6.30. The lowest BCUT2D eigenvalue weighted by atomic mass is 9.97. The quantitative estimate of drug-likeness (QED) is 0.737. The molecule has 1 aliphatic rings. The maximum Gasteiger partial charge on any atom is 0.276 e. The zero-order chi connectivity index (χ0) is 16.8. The molecule has 7 heteroatoms. The van der Waals surface area contributed by atoms with Crippen molar-refractivity contribution in [3.63, 3.8) is 0 Å². The summed E-state index contributed by atoms with van der Waals surface area (Å²) < 4.78 is 1.51. The lowest BCUT2D eigenvalue weighted by molar-refractivity contribution is 0.0544. The number of benzene rings is 1. The van der Waals surface area contributed by atoms with E-state index in [0.29, 0.717) is 12.2 Å². The molecule has 0 fully saturated rings. The Kier molecular flexibility index (Phi) is 3.51. The van der Waals surface area contributed by atoms with Gasteiger partial charge in [-0.2, -0.15) is 5.10 Å². The van der Waals surface area contributed by atoms with E-state index in [9.17, 15) is 9.90 Å². The van der Waals surface area contributed by atoms with Crippen LogP contribution in [0.15, 0.2) is 36.7 Å². The minimum Gasteiger partial charge on any atom is -0.387 e. The molecule has 1 aromatic carbocycles. The lowest BCUT2D eigenvalue weighted by Gasteiger charge is -2.31. The Morgan fingerprint density at radius 2 is 2.17 bits per heavy atom. The highest BCUT2D eigenvalue weighted by molar-refractivity contribution is 6.36. The minimum absolute atomic E-state index is 0.154. The number of nitrogens with zero attached hydrogens (tertiary/aromatic N) is 4. The van der Waals surface area contributed by atoms with Gasteiger partial charge in [0.2, 0.25) is 0 Å². The Morgan fingerprint density at radius 1 is 1.38 bits per heavy atom. The van der Waals surface area contributed by atoms with Gasteiger partial charge in [0, 0.05) is 18.9 Å². The van der Waals surface area contributed by atoms with Crippen LogP contribution >= 0.6 is 11.6 Å². The lowest BCUT2D eigenvalue weighted by Crippen LogP contribution is -2.38. The summed E-state index contributed by atoms with van der Waals surface area (Å²) in [6.07, 6.45) is 2.73. The predicted molar refractivity (Wildman–Crippen MR) is 88.9 cm³/mol. The number of aryl methyl sites for hydroxylation is 1. The molecule has 3 aromatic rings. The standard InChI is InChI=1S/C17H15ClN4O2/c1-10-6-19-16-14(18)15(20-22(16)7-10)17(24)21-8-11-4-2-3-5-12(11)13(23)9-21/h2-7,13,23H,8-9H2,1H3/t13-/m1/s1. The zero-order valence-corrected chi connectivity index (χ0v) is 13.7. The first-order valence-electron chi connectivity index (χ1n) is 7.60. The van der Waals surface area contributed by atoms with Gasteiger partial charge in [0.25, 0.3) is 5.91 Å². The molecule has 6 nitrogen and oxygen atoms in total. The van der Waals surface area contributed by atoms with Crippen LogP contribution in [0, 0.1) is 6.92 Å². The molecule has 1 amide bonds. The molecular weight excluding hydrogens is 328 g/mol. The van der Waals surface area contributed by atoms with Crippen molar-refractivity contribution in [1.29, 1.82) is 0 Å². The fourth-order valence-corrected chi connectivity index (χ4v) is 3.28. The Labute approximate surface area is 143 Å². The Balaban J connectivity index is 1.71. The van der Waals surface area contributed by atoms with E-state index < -0.39 is 6.10 Å². The van der Waals surface area contributed by atoms with Gasteiger partial charge in [0.05, 0.1) is 12.6 Å². The molecule has 0 radical (unpaired) electrons. The highest BCUT2D eigenvalue weighted by atomic mass is 35.5. The molecule has 0 spiro atoms. The number of carbonyl (C=O) groups excluding carboxylic acids is 1. The first-order valence-corrected chi connectivity index (χ1v) is 7.98. The Hall–Kier alpha value is -2.44. The molecule has 0 saturated carbocycles. The van der Waals surface area contributed by atoms with Crippen LogP contribution in [0.25, 0.3) is 5.65 Å². The monoisotopic (exact) mass is 342 g/mol. The number of amides is 1. The summed E-state index contributed by atoms with van der Waals surface area (Å²) in [6, 6.07) is 7.57. The molecule has 1 atom stereocenters. The molecule has 1 aliphatic heterocycles. The highest BCUT2D eigenvalue weighted by Crippen LogP contribution is 2.29. The molecule has 3 heterocycles. The van der Waals surface area contributed by atoms with Crippen LogP contribution in [-0.4, -0.2) is 37.1 Å². The number of hydrogen-bond acceptors (Lipinski definition) is 4. The molecule has 0 unspecified atom stereocenters. The zero-order valence-electron chi connectivity index (χ0n) is 13.0. The van der Waals surface area contributed by atoms with E-state index in [1.807, 2.05) is 31.2 Å². The minimum atomic E-state index is -0.713. The van der Waals surface area contributed by atoms with Gasteiger partial charge in [-0.05, 0) is 23.6 Å². The molecule has 122 valence electrons. The van der Waals surface area contributed by atoms with Crippen LogP contribution in [0.5, 0.6) is 0 Å². The van der Waals surface area contributed by atoms with E-state index in [-0.39, 0.29) is 23.2 Å². The largest absolute Gasteiger partial charge is 0.387 e. The topological polar surface area (TPSA) is 70.7 Å². The van der Waals surface area contributed by atoms with Crippen molar-refractivity contribution in [3.05, 3.63) is 64.1 Å². The van der Waals surface area contributed by atoms with Crippen LogP contribution in [0.2, 0.25) is 5.02 Å². The average Bonchev–Trinajstić information content (AvgIpc) is 2.90. The average molecular weight is 343 g/mol. The van der Waals surface area contributed by atoms with Crippen LogP contribution in [0.3, 0.4) is 0 Å². The van der Waals surface area contributed by atoms with Crippen molar-refractivity contribution in [2.45, 2.75) is 19.6 Å². The van der Waals surface area contributed by atoms with E-state index in [0.717, 1.165) is 16.7 Å². The maximum absolute atomic E-state index is 12.9. The molecule has 4 rings (SSSR count). The number of fused-ring (bicyclic) bond motifs is 2. The van der Waals surface area contributed by atoms with Gasteiger partial charge in [-0.15, -0.1) is 0 Å². The second-order valence-corrected chi connectivity index (χ2v) is 6.34. The third-order valence-corrected chi connectivity index (χ3v) is 4.55. The van der Waals surface area contributed by atoms with Crippen molar-refractivity contribution < 1.29 is 9.90 Å². The maximum atomic E-state index is 12.9. The van der Waals surface area contributed by atoms with Crippen molar-refractivity contribution in [2.24, 2.45) is 0 Å². The summed E-state index contributed by atoms with van der Waals surface area (Å²) in [7, 11) is 0. The molecule has 1 N–H and O–H groups in total. The Bertz CT molecular complexity index is 953. The molecule has 0 aliphatic carbocycles. The smallest absolute Gasteiger partial charge is 0.276 e. The summed E-state index contributed by atoms with van der Waals surface area (Å²) in [5.41, 5.74) is 3.31. The van der Waals surface area contributed by atoms with E-state index in [2.05, 4.69) is 10.1 Å². The van der Waals surface area contributed by atoms with Crippen LogP contribution in [0.4, 0.5) is 0 Å². The van der Waals surface area contributed by atoms with Gasteiger partial charge in [0.15, 0.2) is 11.3 Å². The Morgan fingerprint density at radius 3 is 3.00 bits per heavy atom. The number of aliphatic hydroxyl groups excluding tert-OH is 1. The van der Waals surface area contributed by atoms with E-state index in [1.165, 1.54) is 4.52 Å². The number of β-amino-alcohol motifs (C(OH)–C–C–N with tert-alkyl or cyclic N) is 1. The molecule has 24 heavy (non-hydrogen) atoms. The molecule has 0 bridgehead atoms. The van der Waals surface area contributed by atoms with Crippen molar-refractivity contribution >= 4 is 23.2 Å². The molecule has 2 aromatic heterocycles. The number of carbonyl (C=O) groups is 1. The third-order valence-electron chi connectivity index (χ3n) is 4.20. The number of aromatic nitrogens is 3. The first kappa shape index (κ1) is 15.1. The number of rotatable bonds is 1. The van der Waals surface area contributed by atoms with Gasteiger partial charge in [-0.3, -0.25) is 4.79 Å². The fourth-order valence-electron chi connectivity index (χ4n) is 3.02. The van der Waals surface area contributed by atoms with Crippen molar-refractivity contribution in [2.75, 3.05) is 6.54 Å². The van der Waals surface area contributed by atoms with Gasteiger partial charge in [-0.25, -0.2) is 9.50 Å². The van der Waals surface area contributed by atoms with Crippen molar-refractivity contribution in [1.82, 2.24) is 19.5 Å². The summed E-state index contributed by atoms with van der Waals surface area (Å²) in [5, 5.41) is 14.8.